The molecule has 4 rings (SSSR count). The summed E-state index contributed by atoms with van der Waals surface area (Å²) in [4.78, 5) is 33.8. The fraction of sp³-hybridized carbons (Fsp3) is 0.450. The first-order valence-corrected chi connectivity index (χ1v) is 9.25. The molecule has 7 heteroatoms. The lowest BCUT2D eigenvalue weighted by atomic mass is 9.88. The fourth-order valence-electron chi connectivity index (χ4n) is 3.94. The summed E-state index contributed by atoms with van der Waals surface area (Å²) in [5, 5.41) is 3.92. The minimum atomic E-state index is -0.730. The molecule has 0 atom stereocenters. The molecule has 2 amide bonds. The van der Waals surface area contributed by atoms with E-state index in [0.717, 1.165) is 10.9 Å². The molecule has 1 fully saturated rings. The highest BCUT2D eigenvalue weighted by Crippen LogP contribution is 2.31. The van der Waals surface area contributed by atoms with Gasteiger partial charge in [-0.05, 0) is 37.5 Å². The molecule has 0 radical (unpaired) electrons. The fourth-order valence-corrected chi connectivity index (χ4v) is 3.94. The Morgan fingerprint density at radius 1 is 1.22 bits per heavy atom. The Morgan fingerprint density at radius 3 is 2.56 bits per heavy atom. The summed E-state index contributed by atoms with van der Waals surface area (Å²) in [6.45, 7) is 3.10. The number of nitrogens with one attached hydrogen (secondary N) is 1. The van der Waals surface area contributed by atoms with Gasteiger partial charge < -0.3 is 14.4 Å². The minimum absolute atomic E-state index is 0.0106. The number of aromatic nitrogens is 1. The number of hydrogen-bond donors (Lipinski definition) is 1. The average molecular weight is 367 g/mol. The van der Waals surface area contributed by atoms with E-state index < -0.39 is 5.54 Å². The molecule has 2 aliphatic heterocycles. The van der Waals surface area contributed by atoms with E-state index in [2.05, 4.69) is 22.4 Å². The Labute approximate surface area is 158 Å². The Balaban J connectivity index is 1.54. The van der Waals surface area contributed by atoms with Crippen LogP contribution in [0.15, 0.2) is 29.3 Å². The van der Waals surface area contributed by atoms with Crippen LogP contribution in [0.5, 0.6) is 0 Å². The van der Waals surface area contributed by atoms with Gasteiger partial charge in [-0.2, -0.15) is 0 Å². The average Bonchev–Trinajstić information content (AvgIpc) is 3.13. The van der Waals surface area contributed by atoms with Gasteiger partial charge >= 0.3 is 0 Å². The predicted octanol–water partition coefficient (Wildman–Crippen LogP) is 1.51. The van der Waals surface area contributed by atoms with Crippen molar-refractivity contribution in [3.8, 4) is 0 Å². The first kappa shape index (κ1) is 17.6. The summed E-state index contributed by atoms with van der Waals surface area (Å²) < 4.78 is 1.96. The number of aliphatic imine (C=N–C) groups is 1. The summed E-state index contributed by atoms with van der Waals surface area (Å²) in [5.74, 6) is 0.554. The topological polar surface area (TPSA) is 69.9 Å². The van der Waals surface area contributed by atoms with E-state index in [9.17, 15) is 9.59 Å². The molecule has 0 bridgehead atoms. The van der Waals surface area contributed by atoms with Crippen LogP contribution in [0.4, 0.5) is 0 Å². The molecular weight excluding hydrogens is 342 g/mol. The standard InChI is InChI=1S/C20H25N5O2/c1-13-5-6-14-12-16(24(4)15(14)11-13)17(26)25-9-7-20(8-10-25)18(27)21-19(22-20)23(2)3/h5-6,11-12H,7-10H2,1-4H3,(H,21,22,27). The van der Waals surface area contributed by atoms with E-state index in [1.165, 1.54) is 5.56 Å². The summed E-state index contributed by atoms with van der Waals surface area (Å²) in [5.41, 5.74) is 2.18. The third-order valence-electron chi connectivity index (χ3n) is 5.69. The molecule has 7 nitrogen and oxygen atoms in total. The van der Waals surface area contributed by atoms with Crippen molar-refractivity contribution in [3.63, 3.8) is 0 Å². The van der Waals surface area contributed by atoms with Crippen molar-refractivity contribution >= 4 is 28.7 Å². The lowest BCUT2D eigenvalue weighted by molar-refractivity contribution is -0.125. The molecule has 2 aromatic rings. The first-order chi connectivity index (χ1) is 12.8. The monoisotopic (exact) mass is 367 g/mol. The molecule has 27 heavy (non-hydrogen) atoms. The van der Waals surface area contributed by atoms with Gasteiger partial charge in [0.25, 0.3) is 11.8 Å². The van der Waals surface area contributed by atoms with E-state index in [1.807, 2.05) is 54.6 Å². The van der Waals surface area contributed by atoms with Crippen LogP contribution >= 0.6 is 0 Å². The van der Waals surface area contributed by atoms with E-state index >= 15 is 0 Å². The van der Waals surface area contributed by atoms with Crippen LogP contribution in [0.2, 0.25) is 0 Å². The van der Waals surface area contributed by atoms with Crippen molar-refractivity contribution in [1.29, 1.82) is 0 Å². The number of guanidine groups is 1. The van der Waals surface area contributed by atoms with Crippen LogP contribution in [-0.4, -0.2) is 64.9 Å². The third kappa shape index (κ3) is 2.78. The molecule has 1 aromatic carbocycles. The zero-order valence-electron chi connectivity index (χ0n) is 16.2. The number of nitrogens with zero attached hydrogens (tertiary/aromatic N) is 4. The van der Waals surface area contributed by atoms with Gasteiger partial charge in [0.1, 0.15) is 11.2 Å². The normalized spacial score (nSPS) is 18.7. The van der Waals surface area contributed by atoms with Crippen LogP contribution in [0.3, 0.4) is 0 Å². The van der Waals surface area contributed by atoms with E-state index in [4.69, 9.17) is 0 Å². The number of rotatable bonds is 1. The Hall–Kier alpha value is -2.83. The van der Waals surface area contributed by atoms with Gasteiger partial charge in [-0.3, -0.25) is 14.9 Å². The molecule has 1 N–H and O–H groups in total. The summed E-state index contributed by atoms with van der Waals surface area (Å²) >= 11 is 0. The highest BCUT2D eigenvalue weighted by atomic mass is 16.2. The number of likely N-dealkylation sites (tertiary alicyclic amines) is 1. The second kappa shape index (κ2) is 6.11. The maximum Gasteiger partial charge on any atom is 0.270 e. The third-order valence-corrected chi connectivity index (χ3v) is 5.69. The maximum absolute atomic E-state index is 13.1. The number of carbonyl (C=O) groups is 2. The largest absolute Gasteiger partial charge is 0.349 e. The summed E-state index contributed by atoms with van der Waals surface area (Å²) in [7, 11) is 5.65. The quantitative estimate of drug-likeness (QED) is 0.831. The van der Waals surface area contributed by atoms with Crippen molar-refractivity contribution < 1.29 is 9.59 Å². The van der Waals surface area contributed by atoms with Gasteiger partial charge in [-0.25, -0.2) is 4.99 Å². The van der Waals surface area contributed by atoms with Crippen molar-refractivity contribution in [2.45, 2.75) is 25.3 Å². The number of fused-ring (bicyclic) bond motifs is 1. The Bertz CT molecular complexity index is 964. The van der Waals surface area contributed by atoms with Crippen LogP contribution in [0, 0.1) is 6.92 Å². The minimum Gasteiger partial charge on any atom is -0.349 e. The Kier molecular flexibility index (Phi) is 3.98. The number of carbonyl (C=O) groups excluding carboxylic acids is 2. The second-order valence-electron chi connectivity index (χ2n) is 7.76. The van der Waals surface area contributed by atoms with Gasteiger partial charge in [0.15, 0.2) is 0 Å². The van der Waals surface area contributed by atoms with Crippen LogP contribution in [-0.2, 0) is 11.8 Å². The summed E-state index contributed by atoms with van der Waals surface area (Å²) in [6.07, 6.45) is 1.09. The van der Waals surface area contributed by atoms with Crippen molar-refractivity contribution in [3.05, 3.63) is 35.5 Å². The molecule has 0 saturated carbocycles. The van der Waals surface area contributed by atoms with Crippen LogP contribution in [0.25, 0.3) is 10.9 Å². The maximum atomic E-state index is 13.1. The lowest BCUT2D eigenvalue weighted by Crippen LogP contribution is -2.50. The van der Waals surface area contributed by atoms with Crippen molar-refractivity contribution in [2.75, 3.05) is 27.2 Å². The van der Waals surface area contributed by atoms with E-state index in [0.29, 0.717) is 37.6 Å². The number of aryl methyl sites for hydroxylation is 2. The SMILES string of the molecule is Cc1ccc2cc(C(=O)N3CCC4(CC3)N=C(N(C)C)NC4=O)n(C)c2c1. The first-order valence-electron chi connectivity index (χ1n) is 9.25. The lowest BCUT2D eigenvalue weighted by Gasteiger charge is -2.35. The van der Waals surface area contributed by atoms with Gasteiger partial charge in [0.2, 0.25) is 5.96 Å². The van der Waals surface area contributed by atoms with Crippen molar-refractivity contribution in [2.24, 2.45) is 12.0 Å². The number of amides is 2. The van der Waals surface area contributed by atoms with Crippen molar-refractivity contribution in [1.82, 2.24) is 19.7 Å². The van der Waals surface area contributed by atoms with Crippen LogP contribution in [0.1, 0.15) is 28.9 Å². The molecule has 2 aliphatic rings. The van der Waals surface area contributed by atoms with Gasteiger partial charge in [-0.1, -0.05) is 12.1 Å². The van der Waals surface area contributed by atoms with Gasteiger partial charge in [0, 0.05) is 45.1 Å². The molecule has 1 aromatic heterocycles. The highest BCUT2D eigenvalue weighted by molar-refractivity contribution is 6.07. The molecule has 0 aliphatic carbocycles. The van der Waals surface area contributed by atoms with Gasteiger partial charge in [0.05, 0.1) is 0 Å². The van der Waals surface area contributed by atoms with Crippen LogP contribution < -0.4 is 5.32 Å². The number of benzene rings is 1. The smallest absolute Gasteiger partial charge is 0.270 e. The van der Waals surface area contributed by atoms with E-state index in [-0.39, 0.29) is 11.8 Å². The molecule has 0 unspecified atom stereocenters. The zero-order valence-corrected chi connectivity index (χ0v) is 16.2. The van der Waals surface area contributed by atoms with Gasteiger partial charge in [-0.15, -0.1) is 0 Å². The number of piperidine rings is 1. The Morgan fingerprint density at radius 2 is 1.93 bits per heavy atom. The second-order valence-corrected chi connectivity index (χ2v) is 7.76. The molecular formula is C20H25N5O2. The molecule has 3 heterocycles. The number of hydrogen-bond acceptors (Lipinski definition) is 4. The van der Waals surface area contributed by atoms with E-state index in [1.54, 1.807) is 0 Å². The molecule has 1 saturated heterocycles. The summed E-state index contributed by atoms with van der Waals surface area (Å²) in [6, 6.07) is 8.15. The highest BCUT2D eigenvalue weighted by Gasteiger charge is 2.47. The molecule has 142 valence electrons. The zero-order chi connectivity index (χ0) is 19.3. The predicted molar refractivity (Wildman–Crippen MR) is 105 cm³/mol. The molecule has 1 spiro atoms.